The maximum absolute atomic E-state index is 13.6. The lowest BCUT2D eigenvalue weighted by molar-refractivity contribution is 0.163. The molecule has 0 saturated heterocycles. The van der Waals surface area contributed by atoms with Crippen LogP contribution < -0.4 is 0 Å². The molecule has 1 unspecified atom stereocenters. The van der Waals surface area contributed by atoms with E-state index in [4.69, 9.17) is 0 Å². The summed E-state index contributed by atoms with van der Waals surface area (Å²) in [6.07, 6.45) is 3.37. The number of hydrogen-bond donors (Lipinski definition) is 2. The van der Waals surface area contributed by atoms with Crippen LogP contribution in [0.2, 0.25) is 0 Å². The first-order valence-electron chi connectivity index (χ1n) is 9.11. The highest BCUT2D eigenvalue weighted by atomic mass is 19.1. The van der Waals surface area contributed by atoms with Crippen molar-refractivity contribution in [3.63, 3.8) is 0 Å². The molecule has 0 aliphatic heterocycles. The quantitative estimate of drug-likeness (QED) is 0.533. The summed E-state index contributed by atoms with van der Waals surface area (Å²) < 4.78 is 15.3. The van der Waals surface area contributed by atoms with Gasteiger partial charge in [-0.2, -0.15) is 10.2 Å². The van der Waals surface area contributed by atoms with Gasteiger partial charge in [0, 0.05) is 17.3 Å². The standard InChI is InChI=1S/C21H20FN5O/c1-2-19(28)20-25-21(27(26-20)13-14-4-3-5-18(22)10-14)16-8-6-15(7-9-16)17-11-23-24-12-17/h3-12,19,28H,2,13H2,1H3,(H,23,24). The monoisotopic (exact) mass is 377 g/mol. The Balaban J connectivity index is 1.71. The summed E-state index contributed by atoms with van der Waals surface area (Å²) in [5.74, 6) is 0.704. The van der Waals surface area contributed by atoms with Crippen molar-refractivity contribution in [1.29, 1.82) is 0 Å². The molecule has 0 spiro atoms. The second-order valence-electron chi connectivity index (χ2n) is 6.57. The number of aliphatic hydroxyl groups is 1. The first kappa shape index (κ1) is 18.1. The minimum Gasteiger partial charge on any atom is -0.385 e. The zero-order valence-corrected chi connectivity index (χ0v) is 15.4. The summed E-state index contributed by atoms with van der Waals surface area (Å²) in [5, 5.41) is 21.4. The third-order valence-corrected chi connectivity index (χ3v) is 4.57. The van der Waals surface area contributed by atoms with Crippen LogP contribution in [-0.2, 0) is 6.54 Å². The normalized spacial score (nSPS) is 12.2. The molecular weight excluding hydrogens is 357 g/mol. The van der Waals surface area contributed by atoms with E-state index < -0.39 is 6.10 Å². The van der Waals surface area contributed by atoms with Gasteiger partial charge in [-0.3, -0.25) is 5.10 Å². The maximum Gasteiger partial charge on any atom is 0.179 e. The third kappa shape index (κ3) is 3.70. The van der Waals surface area contributed by atoms with E-state index in [9.17, 15) is 9.50 Å². The Kier molecular flexibility index (Phi) is 4.99. The third-order valence-electron chi connectivity index (χ3n) is 4.57. The van der Waals surface area contributed by atoms with Crippen LogP contribution in [-0.4, -0.2) is 30.1 Å². The summed E-state index contributed by atoms with van der Waals surface area (Å²) in [5.41, 5.74) is 3.67. The van der Waals surface area contributed by atoms with Gasteiger partial charge in [0.25, 0.3) is 0 Å². The highest BCUT2D eigenvalue weighted by Crippen LogP contribution is 2.25. The van der Waals surface area contributed by atoms with Gasteiger partial charge < -0.3 is 5.11 Å². The van der Waals surface area contributed by atoms with Crippen molar-refractivity contribution in [3.05, 3.63) is 78.1 Å². The molecule has 0 bridgehead atoms. The molecule has 4 rings (SSSR count). The van der Waals surface area contributed by atoms with Crippen molar-refractivity contribution in [1.82, 2.24) is 25.0 Å². The molecule has 2 heterocycles. The molecule has 0 aliphatic carbocycles. The van der Waals surface area contributed by atoms with Crippen molar-refractivity contribution in [2.24, 2.45) is 0 Å². The second kappa shape index (κ2) is 7.74. The van der Waals surface area contributed by atoms with Gasteiger partial charge in [0.15, 0.2) is 11.6 Å². The van der Waals surface area contributed by atoms with Crippen LogP contribution in [0.1, 0.15) is 30.8 Å². The van der Waals surface area contributed by atoms with Crippen LogP contribution in [0.5, 0.6) is 0 Å². The number of aliphatic hydroxyl groups excluding tert-OH is 1. The van der Waals surface area contributed by atoms with Crippen LogP contribution >= 0.6 is 0 Å². The van der Waals surface area contributed by atoms with E-state index in [-0.39, 0.29) is 5.82 Å². The number of aromatic amines is 1. The Hall–Kier alpha value is -3.32. The molecule has 2 aromatic heterocycles. The predicted molar refractivity (Wildman–Crippen MR) is 104 cm³/mol. The van der Waals surface area contributed by atoms with E-state index in [0.717, 1.165) is 22.3 Å². The minimum atomic E-state index is -0.738. The Labute approximate surface area is 161 Å². The summed E-state index contributed by atoms with van der Waals surface area (Å²) in [6, 6.07) is 14.3. The molecular formula is C21H20FN5O. The van der Waals surface area contributed by atoms with Crippen molar-refractivity contribution in [2.45, 2.75) is 26.0 Å². The largest absolute Gasteiger partial charge is 0.385 e. The van der Waals surface area contributed by atoms with Gasteiger partial charge in [-0.1, -0.05) is 43.3 Å². The molecule has 0 saturated carbocycles. The van der Waals surface area contributed by atoms with Crippen LogP contribution in [0.3, 0.4) is 0 Å². The fraction of sp³-hybridized carbons (Fsp3) is 0.190. The van der Waals surface area contributed by atoms with Gasteiger partial charge in [0.2, 0.25) is 0 Å². The average Bonchev–Trinajstić information content (AvgIpc) is 3.38. The van der Waals surface area contributed by atoms with Gasteiger partial charge in [-0.25, -0.2) is 14.1 Å². The number of hydrogen-bond acceptors (Lipinski definition) is 4. The van der Waals surface area contributed by atoms with E-state index in [1.54, 1.807) is 16.9 Å². The number of aromatic nitrogens is 5. The first-order chi connectivity index (χ1) is 13.6. The zero-order valence-electron chi connectivity index (χ0n) is 15.4. The number of nitrogens with one attached hydrogen (secondary N) is 1. The molecule has 0 aliphatic rings. The Morgan fingerprint density at radius 2 is 1.89 bits per heavy atom. The number of H-pyrrole nitrogens is 1. The topological polar surface area (TPSA) is 79.6 Å². The molecule has 28 heavy (non-hydrogen) atoms. The van der Waals surface area contributed by atoms with Gasteiger partial charge in [-0.05, 0) is 29.7 Å². The predicted octanol–water partition coefficient (Wildman–Crippen LogP) is 3.97. The van der Waals surface area contributed by atoms with Crippen molar-refractivity contribution in [3.8, 4) is 22.5 Å². The van der Waals surface area contributed by atoms with Crippen LogP contribution in [0, 0.1) is 5.82 Å². The number of benzene rings is 2. The molecule has 1 atom stereocenters. The van der Waals surface area contributed by atoms with E-state index in [1.807, 2.05) is 43.5 Å². The number of halogens is 1. The van der Waals surface area contributed by atoms with E-state index >= 15 is 0 Å². The van der Waals surface area contributed by atoms with E-state index in [1.165, 1.54) is 12.1 Å². The van der Waals surface area contributed by atoms with Crippen molar-refractivity contribution in [2.75, 3.05) is 0 Å². The SMILES string of the molecule is CCC(O)c1nc(-c2ccc(-c3cn[nH]c3)cc2)n(Cc2cccc(F)c2)n1. The van der Waals surface area contributed by atoms with E-state index in [0.29, 0.717) is 24.6 Å². The van der Waals surface area contributed by atoms with Gasteiger partial charge in [0.1, 0.15) is 11.9 Å². The molecule has 4 aromatic rings. The van der Waals surface area contributed by atoms with Gasteiger partial charge in [0.05, 0.1) is 12.7 Å². The second-order valence-corrected chi connectivity index (χ2v) is 6.57. The van der Waals surface area contributed by atoms with Gasteiger partial charge in [-0.15, -0.1) is 0 Å². The lowest BCUT2D eigenvalue weighted by Gasteiger charge is -2.07. The minimum absolute atomic E-state index is 0.294. The maximum atomic E-state index is 13.6. The highest BCUT2D eigenvalue weighted by Gasteiger charge is 2.17. The molecule has 6 nitrogen and oxygen atoms in total. The molecule has 0 amide bonds. The average molecular weight is 377 g/mol. The zero-order chi connectivity index (χ0) is 19.5. The Morgan fingerprint density at radius 1 is 1.11 bits per heavy atom. The molecule has 2 N–H and O–H groups in total. The number of rotatable bonds is 6. The van der Waals surface area contributed by atoms with Crippen LogP contribution in [0.25, 0.3) is 22.5 Å². The first-order valence-corrected chi connectivity index (χ1v) is 9.11. The Morgan fingerprint density at radius 3 is 2.57 bits per heavy atom. The number of nitrogens with zero attached hydrogens (tertiary/aromatic N) is 4. The highest BCUT2D eigenvalue weighted by molar-refractivity contribution is 5.66. The lowest BCUT2D eigenvalue weighted by Crippen LogP contribution is -2.05. The summed E-state index contributed by atoms with van der Waals surface area (Å²) in [7, 11) is 0. The van der Waals surface area contributed by atoms with Gasteiger partial charge >= 0.3 is 0 Å². The fourth-order valence-electron chi connectivity index (χ4n) is 3.04. The van der Waals surface area contributed by atoms with Crippen LogP contribution in [0.4, 0.5) is 4.39 Å². The summed E-state index contributed by atoms with van der Waals surface area (Å²) >= 11 is 0. The smallest absolute Gasteiger partial charge is 0.179 e. The molecule has 0 fully saturated rings. The molecule has 7 heteroatoms. The van der Waals surface area contributed by atoms with Crippen molar-refractivity contribution >= 4 is 0 Å². The fourth-order valence-corrected chi connectivity index (χ4v) is 3.04. The summed E-state index contributed by atoms with van der Waals surface area (Å²) in [6.45, 7) is 2.23. The summed E-state index contributed by atoms with van der Waals surface area (Å²) in [4.78, 5) is 4.55. The lowest BCUT2D eigenvalue weighted by atomic mass is 10.1. The van der Waals surface area contributed by atoms with Crippen molar-refractivity contribution < 1.29 is 9.50 Å². The molecule has 142 valence electrons. The Bertz CT molecular complexity index is 1060. The van der Waals surface area contributed by atoms with E-state index in [2.05, 4.69) is 20.3 Å². The molecule has 0 radical (unpaired) electrons. The van der Waals surface area contributed by atoms with Crippen LogP contribution in [0.15, 0.2) is 60.9 Å². The molecule has 2 aromatic carbocycles.